The van der Waals surface area contributed by atoms with Gasteiger partial charge in [-0.3, -0.25) is 4.90 Å². The molecule has 1 atom stereocenters. The molecule has 2 fully saturated rings. The largest absolute Gasteiger partial charge is 0.497 e. The lowest BCUT2D eigenvalue weighted by Crippen LogP contribution is -2.36. The molecule has 3 heterocycles. The van der Waals surface area contributed by atoms with E-state index in [1.807, 2.05) is 40.9 Å². The van der Waals surface area contributed by atoms with Gasteiger partial charge >= 0.3 is 0 Å². The minimum atomic E-state index is 0.328. The highest BCUT2D eigenvalue weighted by molar-refractivity contribution is 5.96. The van der Waals surface area contributed by atoms with E-state index in [-0.39, 0.29) is 0 Å². The van der Waals surface area contributed by atoms with Crippen LogP contribution in [0.25, 0.3) is 16.6 Å². The smallest absolute Gasteiger partial charge is 0.226 e. The number of hydrogen-bond donors (Lipinski definition) is 1. The number of fused-ring (bicyclic) bond motifs is 3. The number of benzene rings is 2. The molecule has 0 amide bonds. The zero-order valence-electron chi connectivity index (χ0n) is 21.0. The van der Waals surface area contributed by atoms with E-state index < -0.39 is 0 Å². The third-order valence-electron chi connectivity index (χ3n) is 7.31. The van der Waals surface area contributed by atoms with Gasteiger partial charge in [-0.25, -0.2) is 9.97 Å². The van der Waals surface area contributed by atoms with Crippen LogP contribution in [0.2, 0.25) is 0 Å². The topological polar surface area (TPSA) is 86.0 Å². The van der Waals surface area contributed by atoms with Crippen LogP contribution in [0.4, 0.5) is 5.95 Å². The van der Waals surface area contributed by atoms with Crippen molar-refractivity contribution in [2.75, 3.05) is 39.7 Å². The van der Waals surface area contributed by atoms with Gasteiger partial charge in [-0.1, -0.05) is 6.07 Å². The molecule has 0 radical (unpaired) electrons. The average Bonchev–Trinajstić information content (AvgIpc) is 3.69. The van der Waals surface area contributed by atoms with Crippen molar-refractivity contribution in [3.63, 3.8) is 0 Å². The molecule has 4 aromatic rings. The first-order chi connectivity index (χ1) is 17.7. The Balaban J connectivity index is 1.39. The molecule has 2 aliphatic rings. The number of para-hydroxylation sites is 1. The van der Waals surface area contributed by atoms with Crippen LogP contribution in [-0.4, -0.2) is 64.9 Å². The van der Waals surface area contributed by atoms with E-state index in [1.165, 1.54) is 25.8 Å². The van der Waals surface area contributed by atoms with E-state index in [1.54, 1.807) is 21.3 Å². The van der Waals surface area contributed by atoms with Gasteiger partial charge in [0.2, 0.25) is 5.95 Å². The molecule has 2 aromatic carbocycles. The van der Waals surface area contributed by atoms with Crippen LogP contribution in [0.1, 0.15) is 43.0 Å². The van der Waals surface area contributed by atoms with Crippen LogP contribution >= 0.6 is 0 Å². The zero-order valence-corrected chi connectivity index (χ0v) is 21.0. The van der Waals surface area contributed by atoms with Crippen molar-refractivity contribution in [2.45, 2.75) is 44.2 Å². The molecular weight excluding hydrogens is 456 g/mol. The first-order valence-corrected chi connectivity index (χ1v) is 12.6. The van der Waals surface area contributed by atoms with Gasteiger partial charge in [0.05, 0.1) is 21.3 Å². The molecule has 6 rings (SSSR count). The van der Waals surface area contributed by atoms with Gasteiger partial charge in [-0.2, -0.15) is 4.52 Å². The number of nitrogens with one attached hydrogen (secondary N) is 1. The minimum absolute atomic E-state index is 0.328. The number of piperidine rings is 1. The number of likely N-dealkylation sites (tertiary alicyclic amines) is 1. The Labute approximate surface area is 210 Å². The third-order valence-corrected chi connectivity index (χ3v) is 7.31. The van der Waals surface area contributed by atoms with Gasteiger partial charge in [-0.05, 0) is 56.5 Å². The van der Waals surface area contributed by atoms with Crippen molar-refractivity contribution in [1.29, 1.82) is 0 Å². The van der Waals surface area contributed by atoms with E-state index in [0.29, 0.717) is 24.2 Å². The van der Waals surface area contributed by atoms with Gasteiger partial charge in [0, 0.05) is 42.1 Å². The molecular formula is C27H32N6O3. The summed E-state index contributed by atoms with van der Waals surface area (Å²) in [6, 6.07) is 12.5. The van der Waals surface area contributed by atoms with E-state index in [4.69, 9.17) is 29.3 Å². The lowest BCUT2D eigenvalue weighted by molar-refractivity contribution is 0.195. The van der Waals surface area contributed by atoms with Crippen LogP contribution in [-0.2, 0) is 6.54 Å². The standard InChI is InChI=1S/C27H32N6O3/c1-34-20-12-9-17(23(14-20)36-3)15-28-27-29-24-21(7-4-8-22(24)35-2)26-30-25(31-33(26)27)18-6-5-13-32(16-18)19-10-11-19/h4,7-9,12,14,18-19H,5-6,10-11,13,15-16H2,1-3H3,(H,28,29). The maximum atomic E-state index is 5.64. The predicted octanol–water partition coefficient (Wildman–Crippen LogP) is 4.26. The van der Waals surface area contributed by atoms with Crippen LogP contribution in [0.15, 0.2) is 36.4 Å². The molecule has 0 bridgehead atoms. The number of hydrogen-bond acceptors (Lipinski definition) is 8. The number of ether oxygens (including phenoxy) is 3. The number of aromatic nitrogens is 4. The highest BCUT2D eigenvalue weighted by Gasteiger charge is 2.34. The summed E-state index contributed by atoms with van der Waals surface area (Å²) in [5, 5.41) is 9.40. The Morgan fingerprint density at radius 1 is 0.972 bits per heavy atom. The van der Waals surface area contributed by atoms with Gasteiger partial charge in [0.1, 0.15) is 22.8 Å². The van der Waals surface area contributed by atoms with Crippen molar-refractivity contribution >= 4 is 22.5 Å². The van der Waals surface area contributed by atoms with Gasteiger partial charge in [-0.15, -0.1) is 5.10 Å². The lowest BCUT2D eigenvalue weighted by Gasteiger charge is -2.31. The second kappa shape index (κ2) is 9.46. The van der Waals surface area contributed by atoms with Crippen molar-refractivity contribution in [3.8, 4) is 17.2 Å². The summed E-state index contributed by atoms with van der Waals surface area (Å²) in [4.78, 5) is 12.6. The summed E-state index contributed by atoms with van der Waals surface area (Å²) in [5.74, 6) is 4.05. The quantitative estimate of drug-likeness (QED) is 0.394. The van der Waals surface area contributed by atoms with Crippen molar-refractivity contribution in [3.05, 3.63) is 47.8 Å². The fourth-order valence-electron chi connectivity index (χ4n) is 5.23. The van der Waals surface area contributed by atoms with Crippen molar-refractivity contribution < 1.29 is 14.2 Å². The number of methoxy groups -OCH3 is 3. The Morgan fingerprint density at radius 2 is 1.83 bits per heavy atom. The average molecular weight is 489 g/mol. The van der Waals surface area contributed by atoms with E-state index in [2.05, 4.69) is 10.2 Å². The molecule has 9 heteroatoms. The maximum absolute atomic E-state index is 5.64. The highest BCUT2D eigenvalue weighted by atomic mass is 16.5. The monoisotopic (exact) mass is 488 g/mol. The first-order valence-electron chi connectivity index (χ1n) is 12.6. The molecule has 188 valence electrons. The van der Waals surface area contributed by atoms with Crippen molar-refractivity contribution in [2.24, 2.45) is 0 Å². The normalized spacial score (nSPS) is 18.5. The first kappa shape index (κ1) is 22.8. The fourth-order valence-corrected chi connectivity index (χ4v) is 5.23. The van der Waals surface area contributed by atoms with Crippen LogP contribution in [0, 0.1) is 0 Å². The van der Waals surface area contributed by atoms with Gasteiger partial charge in [0.15, 0.2) is 11.5 Å². The molecule has 1 N–H and O–H groups in total. The molecule has 1 aliphatic carbocycles. The minimum Gasteiger partial charge on any atom is -0.497 e. The van der Waals surface area contributed by atoms with Gasteiger partial charge in [0.25, 0.3) is 0 Å². The lowest BCUT2D eigenvalue weighted by atomic mass is 9.97. The molecule has 9 nitrogen and oxygen atoms in total. The zero-order chi connectivity index (χ0) is 24.6. The summed E-state index contributed by atoms with van der Waals surface area (Å²) in [7, 11) is 4.97. The van der Waals surface area contributed by atoms with Crippen molar-refractivity contribution in [1.82, 2.24) is 24.5 Å². The predicted molar refractivity (Wildman–Crippen MR) is 138 cm³/mol. The molecule has 36 heavy (non-hydrogen) atoms. The molecule has 1 saturated heterocycles. The number of nitrogens with zero attached hydrogens (tertiary/aromatic N) is 5. The summed E-state index contributed by atoms with van der Waals surface area (Å²) in [6.45, 7) is 2.72. The number of rotatable bonds is 8. The van der Waals surface area contributed by atoms with Crippen LogP contribution < -0.4 is 19.5 Å². The maximum Gasteiger partial charge on any atom is 0.226 e. The molecule has 1 unspecified atom stereocenters. The fraction of sp³-hybridized carbons (Fsp3) is 0.444. The van der Waals surface area contributed by atoms with E-state index >= 15 is 0 Å². The second-order valence-electron chi connectivity index (χ2n) is 9.59. The van der Waals surface area contributed by atoms with Crippen LogP contribution in [0.3, 0.4) is 0 Å². The summed E-state index contributed by atoms with van der Waals surface area (Å²) in [5.41, 5.74) is 2.54. The Bertz CT molecular complexity index is 1400. The Hall–Kier alpha value is -3.59. The Morgan fingerprint density at radius 3 is 2.61 bits per heavy atom. The van der Waals surface area contributed by atoms with Crippen LogP contribution in [0.5, 0.6) is 17.2 Å². The molecule has 1 aliphatic heterocycles. The van der Waals surface area contributed by atoms with E-state index in [9.17, 15) is 0 Å². The Kier molecular flexibility index (Phi) is 6.00. The second-order valence-corrected chi connectivity index (χ2v) is 9.59. The molecule has 1 saturated carbocycles. The number of anilines is 1. The van der Waals surface area contributed by atoms with Gasteiger partial charge < -0.3 is 19.5 Å². The van der Waals surface area contributed by atoms with E-state index in [0.717, 1.165) is 58.4 Å². The summed E-state index contributed by atoms with van der Waals surface area (Å²) >= 11 is 0. The summed E-state index contributed by atoms with van der Waals surface area (Å²) < 4.78 is 18.4. The summed E-state index contributed by atoms with van der Waals surface area (Å²) in [6.07, 6.45) is 4.94. The molecule has 2 aromatic heterocycles. The highest BCUT2D eigenvalue weighted by Crippen LogP contribution is 2.35. The molecule has 0 spiro atoms. The SMILES string of the molecule is COc1ccc(CNc2nc3c(OC)cccc3c3nc(C4CCCN(C5CC5)C4)nn23)c(OC)c1. The third kappa shape index (κ3) is 4.17.